The zero-order chi connectivity index (χ0) is 25.9. The van der Waals surface area contributed by atoms with Crippen LogP contribution in [-0.2, 0) is 9.53 Å². The maximum atomic E-state index is 14.8. The van der Waals surface area contributed by atoms with Gasteiger partial charge in [-0.05, 0) is 73.6 Å². The number of likely N-dealkylation sites (N-methyl/N-ethyl adjacent to an activating group) is 1. The lowest BCUT2D eigenvalue weighted by molar-refractivity contribution is -0.111. The Morgan fingerprint density at radius 1 is 0.944 bits per heavy atom. The molecule has 190 valence electrons. The fraction of sp³-hybridized carbons (Fsp3) is 0.276. The molecule has 1 N–H and O–H groups in total. The number of ether oxygens (including phenoxy) is 3. The minimum absolute atomic E-state index is 0.0583. The molecule has 7 heteroatoms. The van der Waals surface area contributed by atoms with Crippen LogP contribution >= 0.6 is 0 Å². The van der Waals surface area contributed by atoms with E-state index in [4.69, 9.17) is 14.2 Å². The SMILES string of the molecule is CCC(=C(C(=O)Nc1ccc(OCCN(C)C)cc1)c1ccc(OCOC)c(F)c1)c1ccccc1. The molecular weight excluding hydrogens is 459 g/mol. The number of allylic oxidation sites excluding steroid dienone is 1. The number of carbonyl (C=O) groups is 1. The average molecular weight is 493 g/mol. The van der Waals surface area contributed by atoms with Crippen molar-refractivity contribution in [2.45, 2.75) is 13.3 Å². The van der Waals surface area contributed by atoms with E-state index in [9.17, 15) is 9.18 Å². The zero-order valence-electron chi connectivity index (χ0n) is 21.2. The van der Waals surface area contributed by atoms with Crippen molar-refractivity contribution in [1.82, 2.24) is 4.90 Å². The predicted molar refractivity (Wildman–Crippen MR) is 142 cm³/mol. The molecule has 1 amide bonds. The smallest absolute Gasteiger partial charge is 0.256 e. The first-order chi connectivity index (χ1) is 17.4. The summed E-state index contributed by atoms with van der Waals surface area (Å²) in [5, 5.41) is 2.96. The van der Waals surface area contributed by atoms with Gasteiger partial charge in [0.15, 0.2) is 18.4 Å². The van der Waals surface area contributed by atoms with Crippen molar-refractivity contribution >= 4 is 22.7 Å². The minimum atomic E-state index is -0.572. The first kappa shape index (κ1) is 26.9. The molecule has 0 spiro atoms. The average Bonchev–Trinajstić information content (AvgIpc) is 2.87. The second-order valence-electron chi connectivity index (χ2n) is 8.40. The molecule has 0 aromatic heterocycles. The van der Waals surface area contributed by atoms with Crippen molar-refractivity contribution in [2.24, 2.45) is 0 Å². The van der Waals surface area contributed by atoms with Crippen LogP contribution in [0, 0.1) is 5.82 Å². The monoisotopic (exact) mass is 492 g/mol. The van der Waals surface area contributed by atoms with Crippen LogP contribution in [0.3, 0.4) is 0 Å². The molecule has 3 aromatic carbocycles. The van der Waals surface area contributed by atoms with Crippen molar-refractivity contribution in [2.75, 3.05) is 46.5 Å². The van der Waals surface area contributed by atoms with E-state index in [1.54, 1.807) is 18.2 Å². The van der Waals surface area contributed by atoms with Crippen LogP contribution in [0.15, 0.2) is 72.8 Å². The molecule has 0 saturated carbocycles. The zero-order valence-corrected chi connectivity index (χ0v) is 21.2. The number of nitrogens with zero attached hydrogens (tertiary/aromatic N) is 1. The second-order valence-corrected chi connectivity index (χ2v) is 8.40. The van der Waals surface area contributed by atoms with Gasteiger partial charge >= 0.3 is 0 Å². The van der Waals surface area contributed by atoms with Crippen molar-refractivity contribution in [3.05, 3.63) is 89.7 Å². The maximum Gasteiger partial charge on any atom is 0.256 e. The van der Waals surface area contributed by atoms with Gasteiger partial charge in [-0.3, -0.25) is 4.79 Å². The Bertz CT molecular complexity index is 1160. The van der Waals surface area contributed by atoms with E-state index in [1.807, 2.05) is 68.4 Å². The fourth-order valence-corrected chi connectivity index (χ4v) is 3.68. The number of hydrogen-bond acceptors (Lipinski definition) is 5. The highest BCUT2D eigenvalue weighted by atomic mass is 19.1. The number of rotatable bonds is 12. The Labute approximate surface area is 212 Å². The number of halogens is 1. The molecule has 3 rings (SSSR count). The summed E-state index contributed by atoms with van der Waals surface area (Å²) >= 11 is 0. The number of methoxy groups -OCH3 is 1. The van der Waals surface area contributed by atoms with Crippen molar-refractivity contribution < 1.29 is 23.4 Å². The van der Waals surface area contributed by atoms with E-state index in [0.717, 1.165) is 23.4 Å². The van der Waals surface area contributed by atoms with Crippen molar-refractivity contribution in [3.63, 3.8) is 0 Å². The quantitative estimate of drug-likeness (QED) is 0.199. The number of anilines is 1. The molecule has 0 bridgehead atoms. The standard InChI is InChI=1S/C29H33FN2O4/c1-5-25(21-9-7-6-8-10-21)28(22-11-16-27(26(30)19-22)36-20-34-4)29(33)31-23-12-14-24(15-13-23)35-18-17-32(2)3/h6-16,19H,5,17-18,20H2,1-4H3,(H,31,33). The molecular formula is C29H33FN2O4. The topological polar surface area (TPSA) is 60.0 Å². The summed E-state index contributed by atoms with van der Waals surface area (Å²) in [5.74, 6) is -0.125. The molecule has 0 saturated heterocycles. The molecule has 0 aliphatic heterocycles. The van der Waals surface area contributed by atoms with Crippen LogP contribution in [0.4, 0.5) is 10.1 Å². The van der Waals surface area contributed by atoms with Gasteiger partial charge in [0.2, 0.25) is 0 Å². The maximum absolute atomic E-state index is 14.8. The van der Waals surface area contributed by atoms with Crippen molar-refractivity contribution in [1.29, 1.82) is 0 Å². The number of benzene rings is 3. The van der Waals surface area contributed by atoms with E-state index in [1.165, 1.54) is 19.2 Å². The van der Waals surface area contributed by atoms with Crippen LogP contribution in [0.5, 0.6) is 11.5 Å². The third-order valence-corrected chi connectivity index (χ3v) is 5.48. The number of nitrogens with one attached hydrogen (secondary N) is 1. The summed E-state index contributed by atoms with van der Waals surface area (Å²) < 4.78 is 30.7. The Kier molecular flexibility index (Phi) is 10.0. The first-order valence-corrected chi connectivity index (χ1v) is 11.8. The molecule has 0 heterocycles. The lowest BCUT2D eigenvalue weighted by Gasteiger charge is -2.17. The molecule has 0 radical (unpaired) electrons. The van der Waals surface area contributed by atoms with Crippen LogP contribution in [0.1, 0.15) is 24.5 Å². The van der Waals surface area contributed by atoms with Gasteiger partial charge in [0.05, 0.1) is 5.57 Å². The fourth-order valence-electron chi connectivity index (χ4n) is 3.68. The summed E-state index contributed by atoms with van der Waals surface area (Å²) in [7, 11) is 5.44. The van der Waals surface area contributed by atoms with E-state index in [2.05, 4.69) is 5.32 Å². The van der Waals surface area contributed by atoms with Gasteiger partial charge in [0.1, 0.15) is 12.4 Å². The normalized spacial score (nSPS) is 11.7. The van der Waals surface area contributed by atoms with Gasteiger partial charge in [-0.25, -0.2) is 4.39 Å². The lowest BCUT2D eigenvalue weighted by Crippen LogP contribution is -2.19. The summed E-state index contributed by atoms with van der Waals surface area (Å²) in [5.41, 5.74) is 3.17. The minimum Gasteiger partial charge on any atom is -0.492 e. The van der Waals surface area contributed by atoms with Crippen LogP contribution in [-0.4, -0.2) is 52.0 Å². The largest absolute Gasteiger partial charge is 0.492 e. The molecule has 0 aliphatic rings. The molecule has 0 atom stereocenters. The molecule has 36 heavy (non-hydrogen) atoms. The molecule has 6 nitrogen and oxygen atoms in total. The highest BCUT2D eigenvalue weighted by Gasteiger charge is 2.20. The van der Waals surface area contributed by atoms with Gasteiger partial charge in [-0.1, -0.05) is 43.3 Å². The summed E-state index contributed by atoms with van der Waals surface area (Å²) in [6.07, 6.45) is 0.578. The third-order valence-electron chi connectivity index (χ3n) is 5.48. The highest BCUT2D eigenvalue weighted by molar-refractivity contribution is 6.31. The van der Waals surface area contributed by atoms with E-state index < -0.39 is 5.82 Å². The summed E-state index contributed by atoms with van der Waals surface area (Å²) in [6.45, 7) is 3.27. The van der Waals surface area contributed by atoms with E-state index in [-0.39, 0.29) is 18.4 Å². The number of amides is 1. The first-order valence-electron chi connectivity index (χ1n) is 11.8. The highest BCUT2D eigenvalue weighted by Crippen LogP contribution is 2.32. The van der Waals surface area contributed by atoms with Gasteiger partial charge in [0.25, 0.3) is 5.91 Å². The molecule has 0 aliphatic carbocycles. The van der Waals surface area contributed by atoms with E-state index >= 15 is 0 Å². The van der Waals surface area contributed by atoms with Crippen LogP contribution in [0.2, 0.25) is 0 Å². The molecule has 0 fully saturated rings. The predicted octanol–water partition coefficient (Wildman–Crippen LogP) is 5.71. The lowest BCUT2D eigenvalue weighted by atomic mass is 9.92. The van der Waals surface area contributed by atoms with Gasteiger partial charge in [-0.2, -0.15) is 0 Å². The van der Waals surface area contributed by atoms with Gasteiger partial charge < -0.3 is 24.4 Å². The van der Waals surface area contributed by atoms with Gasteiger partial charge in [0, 0.05) is 19.3 Å². The van der Waals surface area contributed by atoms with Gasteiger partial charge in [-0.15, -0.1) is 0 Å². The summed E-state index contributed by atoms with van der Waals surface area (Å²) in [6, 6.07) is 21.3. The van der Waals surface area contributed by atoms with Crippen molar-refractivity contribution in [3.8, 4) is 11.5 Å². The number of carbonyl (C=O) groups excluding carboxylic acids is 1. The Balaban J connectivity index is 1.92. The molecule has 3 aromatic rings. The number of hydrogen-bond donors (Lipinski definition) is 1. The second kappa shape index (κ2) is 13.4. The third kappa shape index (κ3) is 7.41. The van der Waals surface area contributed by atoms with Crippen LogP contribution in [0.25, 0.3) is 11.1 Å². The molecule has 0 unspecified atom stereocenters. The Morgan fingerprint density at radius 2 is 1.67 bits per heavy atom. The van der Waals surface area contributed by atoms with Crippen LogP contribution < -0.4 is 14.8 Å². The Morgan fingerprint density at radius 3 is 2.28 bits per heavy atom. The summed E-state index contributed by atoms with van der Waals surface area (Å²) in [4.78, 5) is 15.6. The Hall–Kier alpha value is -3.68. The van der Waals surface area contributed by atoms with E-state index in [0.29, 0.717) is 29.9 Å².